The van der Waals surface area contributed by atoms with E-state index < -0.39 is 0 Å². The lowest BCUT2D eigenvalue weighted by Crippen LogP contribution is -2.40. The standard InChI is InChI=1S/C27H29FN6O/c1-16-4-13-24(17(2)14-16)34-26-23(15-29-34)25(30-18(3)31-26)32-21-9-11-22(12-10-21)33-27(35)19-5-7-20(28)8-6-19/h4-8,13-15,21-22H,9-12H2,1-3H3,(H,33,35)(H,30,31,32). The number of anilines is 1. The number of nitrogens with zero attached hydrogens (tertiary/aromatic N) is 4. The number of benzene rings is 2. The molecule has 180 valence electrons. The summed E-state index contributed by atoms with van der Waals surface area (Å²) in [6.07, 6.45) is 5.36. The van der Waals surface area contributed by atoms with E-state index in [0.717, 1.165) is 53.8 Å². The van der Waals surface area contributed by atoms with Gasteiger partial charge in [-0.25, -0.2) is 19.0 Å². The number of halogens is 1. The predicted octanol–water partition coefficient (Wildman–Crippen LogP) is 5.03. The monoisotopic (exact) mass is 472 g/mol. The Balaban J connectivity index is 1.28. The molecule has 5 rings (SSSR count). The quantitative estimate of drug-likeness (QED) is 0.425. The molecule has 4 aromatic rings. The summed E-state index contributed by atoms with van der Waals surface area (Å²) in [5.41, 5.74) is 4.62. The summed E-state index contributed by atoms with van der Waals surface area (Å²) in [5, 5.41) is 12.2. The number of nitrogens with one attached hydrogen (secondary N) is 2. The highest BCUT2D eigenvalue weighted by Gasteiger charge is 2.24. The van der Waals surface area contributed by atoms with Crippen LogP contribution in [0.1, 0.15) is 53.0 Å². The van der Waals surface area contributed by atoms with E-state index in [9.17, 15) is 9.18 Å². The van der Waals surface area contributed by atoms with Crippen LogP contribution in [0.2, 0.25) is 0 Å². The number of aryl methyl sites for hydroxylation is 3. The number of rotatable bonds is 5. The molecule has 0 saturated heterocycles. The molecular weight excluding hydrogens is 443 g/mol. The fraction of sp³-hybridized carbons (Fsp3) is 0.333. The van der Waals surface area contributed by atoms with Crippen molar-refractivity contribution in [3.63, 3.8) is 0 Å². The molecular formula is C27H29FN6O. The van der Waals surface area contributed by atoms with Gasteiger partial charge in [-0.3, -0.25) is 4.79 Å². The summed E-state index contributed by atoms with van der Waals surface area (Å²) >= 11 is 0. The van der Waals surface area contributed by atoms with E-state index >= 15 is 0 Å². The molecule has 0 bridgehead atoms. The minimum Gasteiger partial charge on any atom is -0.367 e. The van der Waals surface area contributed by atoms with Crippen LogP contribution in [0.15, 0.2) is 48.7 Å². The lowest BCUT2D eigenvalue weighted by Gasteiger charge is -2.30. The van der Waals surface area contributed by atoms with Gasteiger partial charge >= 0.3 is 0 Å². The average molecular weight is 473 g/mol. The Kier molecular flexibility index (Phi) is 6.19. The van der Waals surface area contributed by atoms with E-state index in [1.54, 1.807) is 0 Å². The van der Waals surface area contributed by atoms with Crippen molar-refractivity contribution in [1.82, 2.24) is 25.1 Å². The third-order valence-corrected chi connectivity index (χ3v) is 6.63. The fourth-order valence-electron chi connectivity index (χ4n) is 4.79. The van der Waals surface area contributed by atoms with Gasteiger partial charge in [0, 0.05) is 17.6 Å². The molecule has 0 radical (unpaired) electrons. The minimum atomic E-state index is -0.346. The summed E-state index contributed by atoms with van der Waals surface area (Å²) in [5.74, 6) is 0.976. The highest BCUT2D eigenvalue weighted by Crippen LogP contribution is 2.28. The number of amides is 1. The topological polar surface area (TPSA) is 84.7 Å². The maximum absolute atomic E-state index is 13.1. The zero-order valence-electron chi connectivity index (χ0n) is 20.2. The van der Waals surface area contributed by atoms with Gasteiger partial charge in [-0.2, -0.15) is 5.10 Å². The second-order valence-corrected chi connectivity index (χ2v) is 9.38. The molecule has 0 spiro atoms. The zero-order chi connectivity index (χ0) is 24.5. The van der Waals surface area contributed by atoms with Crippen LogP contribution in [0.4, 0.5) is 10.2 Å². The molecule has 8 heteroatoms. The molecule has 0 unspecified atom stereocenters. The number of carbonyl (C=O) groups is 1. The number of aromatic nitrogens is 4. The van der Waals surface area contributed by atoms with Gasteiger partial charge in [-0.05, 0) is 82.3 Å². The van der Waals surface area contributed by atoms with Crippen LogP contribution in [0.3, 0.4) is 0 Å². The van der Waals surface area contributed by atoms with E-state index in [1.807, 2.05) is 17.8 Å². The van der Waals surface area contributed by atoms with Gasteiger partial charge in [0.1, 0.15) is 17.5 Å². The molecule has 1 aliphatic rings. The molecule has 2 heterocycles. The number of fused-ring (bicyclic) bond motifs is 1. The molecule has 0 aliphatic heterocycles. The van der Waals surface area contributed by atoms with Gasteiger partial charge in [0.2, 0.25) is 0 Å². The van der Waals surface area contributed by atoms with Crippen LogP contribution in [0, 0.1) is 26.6 Å². The predicted molar refractivity (Wildman–Crippen MR) is 134 cm³/mol. The van der Waals surface area contributed by atoms with Gasteiger partial charge in [0.05, 0.1) is 17.3 Å². The lowest BCUT2D eigenvalue weighted by atomic mass is 9.91. The van der Waals surface area contributed by atoms with Gasteiger partial charge in [0.15, 0.2) is 5.65 Å². The third kappa shape index (κ3) is 4.87. The number of hydrogen-bond acceptors (Lipinski definition) is 5. The van der Waals surface area contributed by atoms with Crippen molar-refractivity contribution in [2.45, 2.75) is 58.5 Å². The molecule has 1 amide bonds. The second-order valence-electron chi connectivity index (χ2n) is 9.38. The van der Waals surface area contributed by atoms with Crippen molar-refractivity contribution in [3.05, 3.63) is 77.0 Å². The Morgan fingerprint density at radius 2 is 1.69 bits per heavy atom. The van der Waals surface area contributed by atoms with Crippen LogP contribution >= 0.6 is 0 Å². The smallest absolute Gasteiger partial charge is 0.251 e. The Bertz CT molecular complexity index is 1370. The summed E-state index contributed by atoms with van der Waals surface area (Å²) < 4.78 is 15.0. The molecule has 35 heavy (non-hydrogen) atoms. The Morgan fingerprint density at radius 3 is 2.40 bits per heavy atom. The first-order chi connectivity index (χ1) is 16.9. The van der Waals surface area contributed by atoms with Crippen molar-refractivity contribution >= 4 is 22.8 Å². The van der Waals surface area contributed by atoms with E-state index in [4.69, 9.17) is 0 Å². The number of hydrogen-bond donors (Lipinski definition) is 2. The number of carbonyl (C=O) groups excluding carboxylic acids is 1. The van der Waals surface area contributed by atoms with Crippen LogP contribution in [-0.4, -0.2) is 37.7 Å². The SMILES string of the molecule is Cc1ccc(-n2ncc3c(NC4CCC(NC(=O)c5ccc(F)cc5)CC4)nc(C)nc32)c(C)c1. The molecule has 0 atom stereocenters. The molecule has 1 saturated carbocycles. The van der Waals surface area contributed by atoms with Crippen molar-refractivity contribution < 1.29 is 9.18 Å². The van der Waals surface area contributed by atoms with Gasteiger partial charge < -0.3 is 10.6 Å². The Labute approximate surface area is 203 Å². The first-order valence-corrected chi connectivity index (χ1v) is 12.0. The molecule has 1 fully saturated rings. The normalized spacial score (nSPS) is 17.9. The first-order valence-electron chi connectivity index (χ1n) is 12.0. The van der Waals surface area contributed by atoms with E-state index in [0.29, 0.717) is 11.4 Å². The molecule has 2 N–H and O–H groups in total. The van der Waals surface area contributed by atoms with Crippen molar-refractivity contribution in [2.75, 3.05) is 5.32 Å². The summed E-state index contributed by atoms with van der Waals surface area (Å²) in [7, 11) is 0. The van der Waals surface area contributed by atoms with Crippen molar-refractivity contribution in [1.29, 1.82) is 0 Å². The van der Waals surface area contributed by atoms with Crippen LogP contribution < -0.4 is 10.6 Å². The summed E-state index contributed by atoms with van der Waals surface area (Å²) in [6, 6.07) is 12.3. The molecule has 2 aromatic carbocycles. The highest BCUT2D eigenvalue weighted by atomic mass is 19.1. The van der Waals surface area contributed by atoms with Crippen LogP contribution in [0.5, 0.6) is 0 Å². The van der Waals surface area contributed by atoms with E-state index in [2.05, 4.69) is 57.7 Å². The fourth-order valence-corrected chi connectivity index (χ4v) is 4.79. The molecule has 1 aliphatic carbocycles. The maximum Gasteiger partial charge on any atom is 0.251 e. The van der Waals surface area contributed by atoms with Gasteiger partial charge in [0.25, 0.3) is 5.91 Å². The van der Waals surface area contributed by atoms with E-state index in [-0.39, 0.29) is 23.8 Å². The largest absolute Gasteiger partial charge is 0.367 e. The Morgan fingerprint density at radius 1 is 0.971 bits per heavy atom. The summed E-state index contributed by atoms with van der Waals surface area (Å²) in [6.45, 7) is 6.05. The van der Waals surface area contributed by atoms with Gasteiger partial charge in [-0.1, -0.05) is 17.7 Å². The Hall–Kier alpha value is -3.81. The zero-order valence-corrected chi connectivity index (χ0v) is 20.2. The van der Waals surface area contributed by atoms with Crippen molar-refractivity contribution in [2.24, 2.45) is 0 Å². The molecule has 7 nitrogen and oxygen atoms in total. The minimum absolute atomic E-state index is 0.102. The average Bonchev–Trinajstić information content (AvgIpc) is 3.24. The van der Waals surface area contributed by atoms with E-state index in [1.165, 1.54) is 29.8 Å². The maximum atomic E-state index is 13.1. The summed E-state index contributed by atoms with van der Waals surface area (Å²) in [4.78, 5) is 21.8. The lowest BCUT2D eigenvalue weighted by molar-refractivity contribution is 0.0926. The van der Waals surface area contributed by atoms with Crippen molar-refractivity contribution in [3.8, 4) is 5.69 Å². The van der Waals surface area contributed by atoms with Gasteiger partial charge in [-0.15, -0.1) is 0 Å². The second kappa shape index (κ2) is 9.44. The highest BCUT2D eigenvalue weighted by molar-refractivity contribution is 5.94. The third-order valence-electron chi connectivity index (χ3n) is 6.63. The molecule has 2 aromatic heterocycles. The first kappa shape index (κ1) is 23.0. The van der Waals surface area contributed by atoms with Crippen LogP contribution in [0.25, 0.3) is 16.7 Å². The van der Waals surface area contributed by atoms with Crippen LogP contribution in [-0.2, 0) is 0 Å².